The van der Waals surface area contributed by atoms with E-state index in [9.17, 15) is 9.59 Å². The molecule has 7 heteroatoms. The minimum atomic E-state index is -0.492. The van der Waals surface area contributed by atoms with Crippen molar-refractivity contribution in [3.05, 3.63) is 23.8 Å². The van der Waals surface area contributed by atoms with Gasteiger partial charge in [0.1, 0.15) is 0 Å². The van der Waals surface area contributed by atoms with Crippen molar-refractivity contribution < 1.29 is 23.8 Å². The third-order valence-electron chi connectivity index (χ3n) is 4.25. The predicted molar refractivity (Wildman–Crippen MR) is 92.9 cm³/mol. The van der Waals surface area contributed by atoms with Crippen molar-refractivity contribution in [2.75, 3.05) is 33.9 Å². The summed E-state index contributed by atoms with van der Waals surface area (Å²) in [4.78, 5) is 25.7. The lowest BCUT2D eigenvalue weighted by Gasteiger charge is -2.26. The van der Waals surface area contributed by atoms with Crippen LogP contribution in [0.4, 0.5) is 4.79 Å². The summed E-state index contributed by atoms with van der Waals surface area (Å²) in [5, 5.41) is 2.58. The van der Waals surface area contributed by atoms with Crippen LogP contribution in [-0.4, -0.2) is 50.8 Å². The molecule has 7 nitrogen and oxygen atoms in total. The first-order valence-corrected chi connectivity index (χ1v) is 8.52. The summed E-state index contributed by atoms with van der Waals surface area (Å²) >= 11 is 0. The maximum absolute atomic E-state index is 12.5. The van der Waals surface area contributed by atoms with Gasteiger partial charge in [0.05, 0.1) is 26.9 Å². The average molecular weight is 350 g/mol. The smallest absolute Gasteiger partial charge is 0.407 e. The standard InChI is InChI=1S/C18H26N2O5/c1-4-25-18(22)19-10-9-17(21)20-11-5-6-14(20)13-7-8-15(23-2)16(12-13)24-3/h7-8,12,14H,4-6,9-11H2,1-3H3,(H,19,22). The number of hydrogen-bond acceptors (Lipinski definition) is 5. The van der Waals surface area contributed by atoms with Crippen molar-refractivity contribution in [2.24, 2.45) is 0 Å². The fraction of sp³-hybridized carbons (Fsp3) is 0.556. The first-order chi connectivity index (χ1) is 12.1. The second kappa shape index (κ2) is 9.15. The van der Waals surface area contributed by atoms with Crippen molar-refractivity contribution in [1.82, 2.24) is 10.2 Å². The Hall–Kier alpha value is -2.44. The lowest BCUT2D eigenvalue weighted by molar-refractivity contribution is -0.132. The van der Waals surface area contributed by atoms with Gasteiger partial charge in [-0.2, -0.15) is 0 Å². The highest BCUT2D eigenvalue weighted by Gasteiger charge is 2.30. The first kappa shape index (κ1) is 18.9. The predicted octanol–water partition coefficient (Wildman–Crippen LogP) is 2.50. The van der Waals surface area contributed by atoms with Crippen LogP contribution in [0.2, 0.25) is 0 Å². The van der Waals surface area contributed by atoms with E-state index in [1.165, 1.54) is 0 Å². The molecule has 1 aromatic rings. The maximum Gasteiger partial charge on any atom is 0.407 e. The zero-order valence-corrected chi connectivity index (χ0v) is 15.0. The number of amides is 2. The van der Waals surface area contributed by atoms with Crippen LogP contribution in [0.25, 0.3) is 0 Å². The van der Waals surface area contributed by atoms with Crippen LogP contribution in [0.5, 0.6) is 11.5 Å². The first-order valence-electron chi connectivity index (χ1n) is 8.52. The third-order valence-corrected chi connectivity index (χ3v) is 4.25. The molecular formula is C18H26N2O5. The van der Waals surface area contributed by atoms with Crippen molar-refractivity contribution in [3.8, 4) is 11.5 Å². The molecule has 0 aliphatic carbocycles. The van der Waals surface area contributed by atoms with E-state index in [1.807, 2.05) is 23.1 Å². The number of nitrogens with zero attached hydrogens (tertiary/aromatic N) is 1. The molecule has 1 saturated heterocycles. The van der Waals surface area contributed by atoms with Gasteiger partial charge >= 0.3 is 6.09 Å². The van der Waals surface area contributed by atoms with Crippen LogP contribution in [0.3, 0.4) is 0 Å². The van der Waals surface area contributed by atoms with E-state index >= 15 is 0 Å². The quantitative estimate of drug-likeness (QED) is 0.817. The lowest BCUT2D eigenvalue weighted by atomic mass is 10.0. The molecule has 1 aromatic carbocycles. The largest absolute Gasteiger partial charge is 0.493 e. The summed E-state index contributed by atoms with van der Waals surface area (Å²) in [5.74, 6) is 1.35. The van der Waals surface area contributed by atoms with E-state index in [2.05, 4.69) is 5.32 Å². The number of methoxy groups -OCH3 is 2. The molecule has 1 fully saturated rings. The van der Waals surface area contributed by atoms with E-state index in [0.29, 0.717) is 18.1 Å². The van der Waals surface area contributed by atoms with E-state index < -0.39 is 6.09 Å². The summed E-state index contributed by atoms with van der Waals surface area (Å²) < 4.78 is 15.4. The molecule has 0 bridgehead atoms. The summed E-state index contributed by atoms with van der Waals surface area (Å²) in [6.07, 6.45) is 1.62. The van der Waals surface area contributed by atoms with Gasteiger partial charge in [0, 0.05) is 19.5 Å². The summed E-state index contributed by atoms with van der Waals surface area (Å²) in [6, 6.07) is 5.77. The Morgan fingerprint density at radius 2 is 2.00 bits per heavy atom. The van der Waals surface area contributed by atoms with Crippen LogP contribution in [-0.2, 0) is 9.53 Å². The van der Waals surface area contributed by atoms with Gasteiger partial charge in [-0.1, -0.05) is 6.07 Å². The number of hydrogen-bond donors (Lipinski definition) is 1. The number of benzene rings is 1. The molecular weight excluding hydrogens is 324 g/mol. The van der Waals surface area contributed by atoms with E-state index in [1.54, 1.807) is 21.1 Å². The van der Waals surface area contributed by atoms with Gasteiger partial charge in [-0.05, 0) is 37.5 Å². The van der Waals surface area contributed by atoms with Gasteiger partial charge in [0.15, 0.2) is 11.5 Å². The van der Waals surface area contributed by atoms with Gasteiger partial charge < -0.3 is 24.4 Å². The zero-order valence-electron chi connectivity index (χ0n) is 15.0. The number of carbonyl (C=O) groups is 2. The maximum atomic E-state index is 12.5. The van der Waals surface area contributed by atoms with Crippen molar-refractivity contribution in [1.29, 1.82) is 0 Å². The van der Waals surface area contributed by atoms with Crippen molar-refractivity contribution in [2.45, 2.75) is 32.2 Å². The molecule has 0 saturated carbocycles. The lowest BCUT2D eigenvalue weighted by Crippen LogP contribution is -2.34. The Labute approximate surface area is 148 Å². The van der Waals surface area contributed by atoms with E-state index in [-0.39, 0.29) is 24.9 Å². The van der Waals surface area contributed by atoms with Gasteiger partial charge in [-0.15, -0.1) is 0 Å². The number of ether oxygens (including phenoxy) is 3. The Morgan fingerprint density at radius 3 is 2.68 bits per heavy atom. The highest BCUT2D eigenvalue weighted by Crippen LogP contribution is 2.37. The minimum absolute atomic E-state index is 0.0223. The summed E-state index contributed by atoms with van der Waals surface area (Å²) in [7, 11) is 3.19. The van der Waals surface area contributed by atoms with Gasteiger partial charge in [0.2, 0.25) is 5.91 Å². The Kier molecular flexibility index (Phi) is 6.91. The number of nitrogens with one attached hydrogen (secondary N) is 1. The van der Waals surface area contributed by atoms with Gasteiger partial charge in [-0.25, -0.2) is 4.79 Å². The van der Waals surface area contributed by atoms with Crippen LogP contribution in [0.1, 0.15) is 37.8 Å². The molecule has 1 atom stereocenters. The van der Waals surface area contributed by atoms with Crippen molar-refractivity contribution >= 4 is 12.0 Å². The molecule has 1 aliphatic rings. The second-order valence-corrected chi connectivity index (χ2v) is 5.76. The van der Waals surface area contributed by atoms with Crippen LogP contribution in [0, 0.1) is 0 Å². The number of rotatable bonds is 7. The summed E-state index contributed by atoms with van der Waals surface area (Å²) in [6.45, 7) is 3.04. The van der Waals surface area contributed by atoms with Crippen molar-refractivity contribution in [3.63, 3.8) is 0 Å². The minimum Gasteiger partial charge on any atom is -0.493 e. The summed E-state index contributed by atoms with van der Waals surface area (Å²) in [5.41, 5.74) is 1.03. The topological polar surface area (TPSA) is 77.1 Å². The number of alkyl carbamates (subject to hydrolysis) is 1. The molecule has 138 valence electrons. The number of carbonyl (C=O) groups excluding carboxylic acids is 2. The van der Waals surface area contributed by atoms with Gasteiger partial charge in [-0.3, -0.25) is 4.79 Å². The van der Waals surface area contributed by atoms with Crippen LogP contribution < -0.4 is 14.8 Å². The Balaban J connectivity index is 1.99. The third kappa shape index (κ3) is 4.78. The molecule has 1 heterocycles. The molecule has 1 aliphatic heterocycles. The highest BCUT2D eigenvalue weighted by atomic mass is 16.5. The number of likely N-dealkylation sites (tertiary alicyclic amines) is 1. The normalized spacial score (nSPS) is 16.4. The molecule has 2 rings (SSSR count). The van der Waals surface area contributed by atoms with Gasteiger partial charge in [0.25, 0.3) is 0 Å². The monoisotopic (exact) mass is 350 g/mol. The molecule has 0 radical (unpaired) electrons. The molecule has 1 unspecified atom stereocenters. The zero-order chi connectivity index (χ0) is 18.2. The Morgan fingerprint density at radius 1 is 1.24 bits per heavy atom. The molecule has 25 heavy (non-hydrogen) atoms. The van der Waals surface area contributed by atoms with E-state index in [4.69, 9.17) is 14.2 Å². The van der Waals surface area contributed by atoms with Crippen LogP contribution >= 0.6 is 0 Å². The molecule has 1 N–H and O–H groups in total. The fourth-order valence-corrected chi connectivity index (χ4v) is 3.07. The average Bonchev–Trinajstić information content (AvgIpc) is 3.11. The molecule has 2 amide bonds. The molecule has 0 spiro atoms. The highest BCUT2D eigenvalue weighted by molar-refractivity contribution is 5.78. The fourth-order valence-electron chi connectivity index (χ4n) is 3.07. The van der Waals surface area contributed by atoms with E-state index in [0.717, 1.165) is 24.9 Å². The van der Waals surface area contributed by atoms with Crippen LogP contribution in [0.15, 0.2) is 18.2 Å². The second-order valence-electron chi connectivity index (χ2n) is 5.76. The SMILES string of the molecule is CCOC(=O)NCCC(=O)N1CCCC1c1ccc(OC)c(OC)c1. The molecule has 0 aromatic heterocycles. The Bertz CT molecular complexity index is 605.